The minimum absolute atomic E-state index is 0.123. The summed E-state index contributed by atoms with van der Waals surface area (Å²) in [7, 11) is 1.34. The largest absolute Gasteiger partial charge is 0.465 e. The Labute approximate surface area is 180 Å². The lowest BCUT2D eigenvalue weighted by Gasteiger charge is -2.30. The van der Waals surface area contributed by atoms with Crippen LogP contribution in [-0.4, -0.2) is 19.0 Å². The van der Waals surface area contributed by atoms with Gasteiger partial charge in [0.05, 0.1) is 24.9 Å². The molecule has 1 heterocycles. The molecule has 0 aliphatic carbocycles. The van der Waals surface area contributed by atoms with Gasteiger partial charge in [0, 0.05) is 22.8 Å². The summed E-state index contributed by atoms with van der Waals surface area (Å²) >= 11 is 6.04. The van der Waals surface area contributed by atoms with E-state index in [1.807, 2.05) is 53.4 Å². The summed E-state index contributed by atoms with van der Waals surface area (Å²) in [6.45, 7) is 0.545. The van der Waals surface area contributed by atoms with Crippen molar-refractivity contribution in [2.24, 2.45) is 0 Å². The predicted octanol–water partition coefficient (Wildman–Crippen LogP) is 5.35. The predicted molar refractivity (Wildman–Crippen MR) is 118 cm³/mol. The first-order chi connectivity index (χ1) is 14.5. The second-order valence-corrected chi connectivity index (χ2v) is 7.55. The molecule has 0 unspecified atom stereocenters. The summed E-state index contributed by atoms with van der Waals surface area (Å²) in [5.74, 6) is -0.338. The third kappa shape index (κ3) is 4.16. The van der Waals surface area contributed by atoms with Crippen LogP contribution in [0, 0.1) is 0 Å². The van der Waals surface area contributed by atoms with Crippen molar-refractivity contribution in [2.45, 2.75) is 19.4 Å². The Kier molecular flexibility index (Phi) is 5.72. The zero-order valence-electron chi connectivity index (χ0n) is 16.5. The van der Waals surface area contributed by atoms with E-state index in [0.29, 0.717) is 35.7 Å². The zero-order chi connectivity index (χ0) is 21.1. The summed E-state index contributed by atoms with van der Waals surface area (Å²) in [5, 5.41) is 3.74. The molecule has 0 saturated heterocycles. The molecule has 0 fully saturated rings. The SMILES string of the molecule is COC(=O)c1cc(Cl)ccc1Nc1ccc2c(c1)CCC(=O)N2Cc1ccccc1. The third-order valence-electron chi connectivity index (χ3n) is 5.13. The Balaban J connectivity index is 1.62. The molecule has 3 aromatic rings. The fourth-order valence-corrected chi connectivity index (χ4v) is 3.81. The van der Waals surface area contributed by atoms with Gasteiger partial charge in [0.15, 0.2) is 0 Å². The van der Waals surface area contributed by atoms with E-state index in [0.717, 1.165) is 22.5 Å². The number of hydrogen-bond acceptors (Lipinski definition) is 4. The van der Waals surface area contributed by atoms with Crippen LogP contribution in [0.4, 0.5) is 17.1 Å². The second kappa shape index (κ2) is 8.59. The van der Waals surface area contributed by atoms with Crippen molar-refractivity contribution in [1.82, 2.24) is 0 Å². The van der Waals surface area contributed by atoms with Gasteiger partial charge in [0.2, 0.25) is 5.91 Å². The Hall–Kier alpha value is -3.31. The van der Waals surface area contributed by atoms with Crippen molar-refractivity contribution >= 4 is 40.5 Å². The normalized spacial score (nSPS) is 13.0. The summed E-state index contributed by atoms with van der Waals surface area (Å²) in [4.78, 5) is 26.5. The Morgan fingerprint density at radius 2 is 1.87 bits per heavy atom. The van der Waals surface area contributed by atoms with E-state index in [1.54, 1.807) is 18.2 Å². The molecule has 0 bridgehead atoms. The maximum absolute atomic E-state index is 12.6. The number of fused-ring (bicyclic) bond motifs is 1. The van der Waals surface area contributed by atoms with Gasteiger partial charge in [-0.25, -0.2) is 4.79 Å². The zero-order valence-corrected chi connectivity index (χ0v) is 17.3. The third-order valence-corrected chi connectivity index (χ3v) is 5.36. The molecule has 1 aliphatic heterocycles. The number of ether oxygens (including phenoxy) is 1. The Morgan fingerprint density at radius 3 is 2.63 bits per heavy atom. The molecule has 4 rings (SSSR count). The van der Waals surface area contributed by atoms with Crippen LogP contribution in [0.25, 0.3) is 0 Å². The fraction of sp³-hybridized carbons (Fsp3) is 0.167. The highest BCUT2D eigenvalue weighted by molar-refractivity contribution is 6.31. The number of amides is 1. The van der Waals surface area contributed by atoms with E-state index in [2.05, 4.69) is 5.32 Å². The minimum Gasteiger partial charge on any atom is -0.465 e. The molecule has 0 atom stereocenters. The quantitative estimate of drug-likeness (QED) is 0.565. The van der Waals surface area contributed by atoms with Crippen LogP contribution < -0.4 is 10.2 Å². The number of anilines is 3. The highest BCUT2D eigenvalue weighted by Crippen LogP contribution is 2.33. The van der Waals surface area contributed by atoms with Crippen LogP contribution in [0.5, 0.6) is 0 Å². The average Bonchev–Trinajstić information content (AvgIpc) is 2.77. The maximum atomic E-state index is 12.6. The molecule has 0 radical (unpaired) electrons. The number of halogens is 1. The van der Waals surface area contributed by atoms with Gasteiger partial charge in [-0.05, 0) is 53.9 Å². The molecular weight excluding hydrogens is 400 g/mol. The molecule has 0 aromatic heterocycles. The van der Waals surface area contributed by atoms with E-state index in [9.17, 15) is 9.59 Å². The summed E-state index contributed by atoms with van der Waals surface area (Å²) in [6.07, 6.45) is 1.15. The highest BCUT2D eigenvalue weighted by atomic mass is 35.5. The fourth-order valence-electron chi connectivity index (χ4n) is 3.64. The van der Waals surface area contributed by atoms with Gasteiger partial charge in [0.25, 0.3) is 0 Å². The number of esters is 1. The first-order valence-corrected chi connectivity index (χ1v) is 10.0. The maximum Gasteiger partial charge on any atom is 0.340 e. The number of nitrogens with zero attached hydrogens (tertiary/aromatic N) is 1. The highest BCUT2D eigenvalue weighted by Gasteiger charge is 2.24. The number of aryl methyl sites for hydroxylation is 1. The lowest BCUT2D eigenvalue weighted by Crippen LogP contribution is -2.34. The van der Waals surface area contributed by atoms with Crippen LogP contribution in [0.1, 0.15) is 27.9 Å². The van der Waals surface area contributed by atoms with E-state index in [1.165, 1.54) is 7.11 Å². The first-order valence-electron chi connectivity index (χ1n) is 9.67. The molecule has 0 spiro atoms. The number of carbonyl (C=O) groups excluding carboxylic acids is 2. The molecule has 152 valence electrons. The number of nitrogens with one attached hydrogen (secondary N) is 1. The van der Waals surface area contributed by atoms with Gasteiger partial charge in [-0.2, -0.15) is 0 Å². The van der Waals surface area contributed by atoms with E-state index < -0.39 is 5.97 Å². The number of carbonyl (C=O) groups is 2. The van der Waals surface area contributed by atoms with Crippen molar-refractivity contribution in [3.8, 4) is 0 Å². The van der Waals surface area contributed by atoms with Gasteiger partial charge in [-0.15, -0.1) is 0 Å². The van der Waals surface area contributed by atoms with Crippen LogP contribution in [0.3, 0.4) is 0 Å². The van der Waals surface area contributed by atoms with Gasteiger partial charge in [-0.1, -0.05) is 41.9 Å². The molecule has 1 N–H and O–H groups in total. The summed E-state index contributed by atoms with van der Waals surface area (Å²) in [6, 6.07) is 20.9. The summed E-state index contributed by atoms with van der Waals surface area (Å²) in [5.41, 5.74) is 4.90. The number of methoxy groups -OCH3 is 1. The van der Waals surface area contributed by atoms with Crippen LogP contribution in [0.15, 0.2) is 66.7 Å². The lowest BCUT2D eigenvalue weighted by atomic mass is 9.99. The number of hydrogen-bond donors (Lipinski definition) is 1. The molecule has 1 aliphatic rings. The standard InChI is InChI=1S/C24H21ClN2O3/c1-30-24(29)20-14-18(25)8-10-21(20)26-19-9-11-22-17(13-19)7-12-23(28)27(22)15-16-5-3-2-4-6-16/h2-6,8-11,13-14,26H,7,12,15H2,1H3. The van der Waals surface area contributed by atoms with Crippen molar-refractivity contribution in [3.63, 3.8) is 0 Å². The smallest absolute Gasteiger partial charge is 0.340 e. The topological polar surface area (TPSA) is 58.6 Å². The molecule has 30 heavy (non-hydrogen) atoms. The van der Waals surface area contributed by atoms with Gasteiger partial charge in [0.1, 0.15) is 0 Å². The molecule has 5 nitrogen and oxygen atoms in total. The molecule has 1 amide bonds. The summed E-state index contributed by atoms with van der Waals surface area (Å²) < 4.78 is 4.86. The number of rotatable bonds is 5. The monoisotopic (exact) mass is 420 g/mol. The second-order valence-electron chi connectivity index (χ2n) is 7.12. The van der Waals surface area contributed by atoms with Crippen molar-refractivity contribution in [2.75, 3.05) is 17.3 Å². The van der Waals surface area contributed by atoms with Crippen LogP contribution >= 0.6 is 11.6 Å². The van der Waals surface area contributed by atoms with Crippen molar-refractivity contribution in [1.29, 1.82) is 0 Å². The molecule has 3 aromatic carbocycles. The molecular formula is C24H21ClN2O3. The van der Waals surface area contributed by atoms with E-state index >= 15 is 0 Å². The van der Waals surface area contributed by atoms with Crippen LogP contribution in [0.2, 0.25) is 5.02 Å². The Morgan fingerprint density at radius 1 is 1.07 bits per heavy atom. The van der Waals surface area contributed by atoms with Gasteiger partial charge < -0.3 is 15.0 Å². The number of benzene rings is 3. The van der Waals surface area contributed by atoms with Crippen molar-refractivity contribution < 1.29 is 14.3 Å². The minimum atomic E-state index is -0.461. The van der Waals surface area contributed by atoms with Crippen LogP contribution in [-0.2, 0) is 22.5 Å². The Bertz CT molecular complexity index is 1100. The van der Waals surface area contributed by atoms with Gasteiger partial charge >= 0.3 is 5.97 Å². The molecule has 6 heteroatoms. The average molecular weight is 421 g/mol. The first kappa shape index (κ1) is 20.0. The lowest BCUT2D eigenvalue weighted by molar-refractivity contribution is -0.119. The molecule has 0 saturated carbocycles. The van der Waals surface area contributed by atoms with E-state index in [4.69, 9.17) is 16.3 Å². The van der Waals surface area contributed by atoms with E-state index in [-0.39, 0.29) is 5.91 Å². The van der Waals surface area contributed by atoms with Gasteiger partial charge in [-0.3, -0.25) is 4.79 Å². The van der Waals surface area contributed by atoms with Crippen molar-refractivity contribution in [3.05, 3.63) is 88.4 Å².